The highest BCUT2D eigenvalue weighted by atomic mass is 32.2. The summed E-state index contributed by atoms with van der Waals surface area (Å²) in [6, 6.07) is 0. The molecule has 20 nitrogen and oxygen atoms in total. The summed E-state index contributed by atoms with van der Waals surface area (Å²) in [4.78, 5) is 99.2. The van der Waals surface area contributed by atoms with Gasteiger partial charge in [-0.3, -0.25) is 0 Å². The number of aliphatic imine (C=N–C) groups is 1. The van der Waals surface area contributed by atoms with Crippen molar-refractivity contribution in [1.29, 1.82) is 0 Å². The Balaban J connectivity index is 2.85. The number of amides is 2. The molecule has 0 spiro atoms. The van der Waals surface area contributed by atoms with Gasteiger partial charge in [-0.25, -0.2) is 33.6 Å². The van der Waals surface area contributed by atoms with Crippen LogP contribution in [0.25, 0.3) is 0 Å². The van der Waals surface area contributed by atoms with Crippen molar-refractivity contribution in [2.75, 3.05) is 70.9 Å². The largest absolute Gasteiger partial charge is 0.493 e. The highest BCUT2D eigenvalue weighted by molar-refractivity contribution is 8.00. The molecule has 2 amide bonds. The van der Waals surface area contributed by atoms with Crippen LogP contribution in [-0.2, 0) is 61.9 Å². The summed E-state index contributed by atoms with van der Waals surface area (Å²) in [6.07, 6.45) is 5.14. The first-order valence-electron chi connectivity index (χ1n) is 17.3. The molecule has 330 valence electrons. The molecule has 0 atom stereocenters. The molecule has 23 heteroatoms. The molecule has 61 heavy (non-hydrogen) atoms. The molecule has 0 unspecified atom stereocenters. The minimum absolute atomic E-state index is 0.0600. The number of allylic oxidation sites excluding steroid dienone is 1. The van der Waals surface area contributed by atoms with Crippen molar-refractivity contribution in [1.82, 2.24) is 20.3 Å². The van der Waals surface area contributed by atoms with Crippen molar-refractivity contribution in [3.05, 3.63) is 93.0 Å². The van der Waals surface area contributed by atoms with Gasteiger partial charge in [-0.1, -0.05) is 69.6 Å². The molecule has 1 aromatic heterocycles. The topological polar surface area (TPSA) is 259 Å². The van der Waals surface area contributed by atoms with Gasteiger partial charge in [-0.2, -0.15) is 15.0 Å². The van der Waals surface area contributed by atoms with E-state index in [9.17, 15) is 33.6 Å². The third-order valence-corrected chi connectivity index (χ3v) is 8.77. The minimum atomic E-state index is -1.51. The molecular weight excluding hydrogens is 863 g/mol. The second kappa shape index (κ2) is 29.0. The average Bonchev–Trinajstić information content (AvgIpc) is 3.27. The number of nitrogens with zero attached hydrogens (tertiary/aromatic N) is 3. The van der Waals surface area contributed by atoms with E-state index < -0.39 is 99.1 Å². The number of H-pyrrole nitrogens is 1. The first kappa shape index (κ1) is 52.7. The van der Waals surface area contributed by atoms with Crippen molar-refractivity contribution in [3.63, 3.8) is 0 Å². The average molecular weight is 908 g/mol. The summed E-state index contributed by atoms with van der Waals surface area (Å²) < 4.78 is 41.9. The van der Waals surface area contributed by atoms with E-state index in [4.69, 9.17) is 50.1 Å². The first-order chi connectivity index (χ1) is 29.1. The lowest BCUT2D eigenvalue weighted by Gasteiger charge is -2.31. The number of carbonyl (C=O) groups excluding carboxylic acids is 7. The molecule has 0 saturated carbocycles. The Morgan fingerprint density at radius 2 is 1.05 bits per heavy atom. The second-order valence-electron chi connectivity index (χ2n) is 11.8. The fourth-order valence-corrected chi connectivity index (χ4v) is 5.44. The van der Waals surface area contributed by atoms with E-state index in [2.05, 4.69) is 71.3 Å². The second-order valence-corrected chi connectivity index (χ2v) is 14.2. The maximum Gasteiger partial charge on any atom is 0.433 e. The number of ether oxygens (including phenoxy) is 8. The van der Waals surface area contributed by atoms with Gasteiger partial charge in [0, 0.05) is 54.6 Å². The van der Waals surface area contributed by atoms with Gasteiger partial charge in [0.05, 0.1) is 0 Å². The normalized spacial score (nSPS) is 10.8. The Hall–Kier alpha value is -6.33. The van der Waals surface area contributed by atoms with Gasteiger partial charge < -0.3 is 48.2 Å². The number of esters is 5. The number of hydrogen-bond acceptors (Lipinski definition) is 20. The van der Waals surface area contributed by atoms with Crippen LogP contribution in [0.2, 0.25) is 0 Å². The van der Waals surface area contributed by atoms with Crippen molar-refractivity contribution in [3.8, 4) is 0 Å². The summed E-state index contributed by atoms with van der Waals surface area (Å²) in [5, 5.41) is 3.10. The van der Waals surface area contributed by atoms with E-state index in [1.54, 1.807) is 0 Å². The molecule has 1 heterocycles. The summed E-state index contributed by atoms with van der Waals surface area (Å²) in [6.45, 7) is 20.3. The van der Waals surface area contributed by atoms with Crippen LogP contribution in [-0.4, -0.2) is 134 Å². The number of thioether (sulfide) groups is 2. The quantitative estimate of drug-likeness (QED) is 0.0127. The zero-order valence-electron chi connectivity index (χ0n) is 33.0. The molecule has 0 radical (unpaired) electrons. The zero-order valence-corrected chi connectivity index (χ0v) is 35.4. The Morgan fingerprint density at radius 3 is 1.49 bits per heavy atom. The summed E-state index contributed by atoms with van der Waals surface area (Å²) >= 11 is 7.45. The van der Waals surface area contributed by atoms with Crippen LogP contribution in [0.5, 0.6) is 0 Å². The lowest BCUT2D eigenvalue weighted by Crippen LogP contribution is -2.44. The van der Waals surface area contributed by atoms with Gasteiger partial charge in [0.1, 0.15) is 69.4 Å². The fourth-order valence-electron chi connectivity index (χ4n) is 3.75. The summed E-state index contributed by atoms with van der Waals surface area (Å²) in [7, 11) is 0. The maximum atomic E-state index is 12.6. The highest BCUT2D eigenvalue weighted by Gasteiger charge is 2.38. The van der Waals surface area contributed by atoms with E-state index in [1.165, 1.54) is 24.1 Å². The van der Waals surface area contributed by atoms with Gasteiger partial charge in [0.2, 0.25) is 4.77 Å². The van der Waals surface area contributed by atoms with Gasteiger partial charge in [-0.15, -0.1) is 0 Å². The number of carbonyl (C=O) groups is 7. The molecule has 0 aliphatic heterocycles. The Morgan fingerprint density at radius 1 is 0.623 bits per heavy atom. The molecule has 0 saturated heterocycles. The van der Waals surface area contributed by atoms with Crippen molar-refractivity contribution >= 4 is 84.0 Å². The maximum absolute atomic E-state index is 12.6. The van der Waals surface area contributed by atoms with Gasteiger partial charge in [0.15, 0.2) is 10.3 Å². The van der Waals surface area contributed by atoms with Crippen LogP contribution >= 0.6 is 35.7 Å². The lowest BCUT2D eigenvalue weighted by molar-refractivity contribution is -0.159. The summed E-state index contributed by atoms with van der Waals surface area (Å²) in [5.74, 6) is -3.56. The predicted octanol–water partition coefficient (Wildman–Crippen LogP) is 3.99. The lowest BCUT2D eigenvalue weighted by atomic mass is 9.92. The van der Waals surface area contributed by atoms with Crippen LogP contribution in [0.1, 0.15) is 0 Å². The Kier molecular flexibility index (Phi) is 25.0. The van der Waals surface area contributed by atoms with E-state index in [0.29, 0.717) is 5.16 Å². The van der Waals surface area contributed by atoms with Crippen molar-refractivity contribution in [2.45, 2.75) is 10.3 Å². The van der Waals surface area contributed by atoms with Crippen LogP contribution in [0.4, 0.5) is 9.59 Å². The molecule has 0 aliphatic rings. The van der Waals surface area contributed by atoms with Crippen LogP contribution in [0.15, 0.2) is 104 Å². The van der Waals surface area contributed by atoms with E-state index in [1.807, 2.05) is 0 Å². The fraction of sp³-hybridized carbons (Fsp3) is 0.342. The smallest absolute Gasteiger partial charge is 0.433 e. The zero-order chi connectivity index (χ0) is 45.7. The molecule has 1 rings (SSSR count). The Labute approximate surface area is 364 Å². The van der Waals surface area contributed by atoms with E-state index in [0.717, 1.165) is 42.1 Å². The first-order valence-corrected chi connectivity index (χ1v) is 19.7. The predicted molar refractivity (Wildman–Crippen MR) is 224 cm³/mol. The number of nitrogens with one attached hydrogen (secondary N) is 2. The molecule has 0 aliphatic carbocycles. The van der Waals surface area contributed by atoms with Gasteiger partial charge in [-0.05, 0) is 18.3 Å². The van der Waals surface area contributed by atoms with Crippen LogP contribution in [0, 0.1) is 15.6 Å². The molecule has 0 fully saturated rings. The van der Waals surface area contributed by atoms with Crippen LogP contribution < -0.4 is 5.32 Å². The van der Waals surface area contributed by atoms with Crippen molar-refractivity contribution in [2.24, 2.45) is 15.8 Å². The molecule has 0 aromatic carbocycles. The molecular formula is C38H45N5O15S3. The number of hydrogen-bond donors (Lipinski definition) is 2. The highest BCUT2D eigenvalue weighted by Crippen LogP contribution is 2.24. The molecule has 1 aromatic rings. The monoisotopic (exact) mass is 907 g/mol. The SMILES string of the molecule is C=CC(=C)OCC(COC(=O)C=C)(COC(=O)C=C)COC(=O)/N=C/CSc1nc(SCCNC(=O)OCC(COC(=O)C=C)(COC(=O)C=C)COC(=O)C=C)[nH]c(=S)n1. The number of aromatic amines is 1. The number of alkyl carbamates (subject to hydrolysis) is 1. The molecule has 2 N–H and O–H groups in total. The number of rotatable bonds is 30. The van der Waals surface area contributed by atoms with Gasteiger partial charge >= 0.3 is 42.0 Å². The third kappa shape index (κ3) is 22.6. The third-order valence-electron chi connectivity index (χ3n) is 6.94. The van der Waals surface area contributed by atoms with E-state index in [-0.39, 0.29) is 40.3 Å². The van der Waals surface area contributed by atoms with Crippen LogP contribution in [0.3, 0.4) is 0 Å². The standard InChI is InChI=1S/C38H45N5O15S3/c1-8-26(7)51-18-37(19-52-27(44)9-2,20-53-28(45)10-3)24-57-35(49)39-14-16-60-33-41-32(59)42-34(43-33)61-17-15-40-36(50)58-25-38(21-54-29(46)11-4,22-55-30(47)12-5)23-56-31(48)13-6/h8-14H,1-7,15-25H2,(H,40,50)(H,41,42,43,59)/b39-14+. The summed E-state index contributed by atoms with van der Waals surface area (Å²) in [5.41, 5.74) is -2.89. The van der Waals surface area contributed by atoms with E-state index >= 15 is 0 Å². The van der Waals surface area contributed by atoms with Gasteiger partial charge in [0.25, 0.3) is 0 Å². The Bertz CT molecular complexity index is 1780. The number of aromatic nitrogens is 3. The molecule has 0 bridgehead atoms. The van der Waals surface area contributed by atoms with Crippen molar-refractivity contribution < 1.29 is 71.5 Å². The minimum Gasteiger partial charge on any atom is -0.493 e.